The fourth-order valence-electron chi connectivity index (χ4n) is 1.69. The zero-order chi connectivity index (χ0) is 15.0. The molecular weight excluding hydrogens is 407 g/mol. The van der Waals surface area contributed by atoms with E-state index in [9.17, 15) is 4.79 Å². The molecular formula is C14H22ClIN2O3. The average molecular weight is 429 g/mol. The van der Waals surface area contributed by atoms with Crippen LogP contribution in [0.1, 0.15) is 23.7 Å². The van der Waals surface area contributed by atoms with Gasteiger partial charge in [0, 0.05) is 16.7 Å². The lowest BCUT2D eigenvalue weighted by molar-refractivity contribution is 0.0952. The molecule has 0 atom stereocenters. The van der Waals surface area contributed by atoms with E-state index in [4.69, 9.17) is 9.47 Å². The summed E-state index contributed by atoms with van der Waals surface area (Å²) in [5.41, 5.74) is 0.596. The van der Waals surface area contributed by atoms with Crippen molar-refractivity contribution in [1.82, 2.24) is 10.6 Å². The first kappa shape index (κ1) is 20.3. The molecule has 0 radical (unpaired) electrons. The molecule has 21 heavy (non-hydrogen) atoms. The summed E-state index contributed by atoms with van der Waals surface area (Å²) < 4.78 is 11.3. The molecule has 0 saturated carbocycles. The Kier molecular flexibility index (Phi) is 10.5. The van der Waals surface area contributed by atoms with Gasteiger partial charge < -0.3 is 20.1 Å². The average Bonchev–Trinajstić information content (AvgIpc) is 2.46. The van der Waals surface area contributed by atoms with E-state index in [1.165, 1.54) is 0 Å². The number of carbonyl (C=O) groups is 1. The largest absolute Gasteiger partial charge is 0.493 e. The lowest BCUT2D eigenvalue weighted by atomic mass is 10.2. The summed E-state index contributed by atoms with van der Waals surface area (Å²) >= 11 is 2.12. The number of nitrogens with one attached hydrogen (secondary N) is 2. The number of hydrogen-bond acceptors (Lipinski definition) is 4. The van der Waals surface area contributed by atoms with Crippen LogP contribution in [0.2, 0.25) is 0 Å². The Morgan fingerprint density at radius 3 is 2.33 bits per heavy atom. The van der Waals surface area contributed by atoms with Gasteiger partial charge in [0.25, 0.3) is 5.91 Å². The molecule has 0 spiro atoms. The van der Waals surface area contributed by atoms with Gasteiger partial charge in [0.2, 0.25) is 0 Å². The molecule has 1 aromatic carbocycles. The second kappa shape index (κ2) is 10.9. The van der Waals surface area contributed by atoms with E-state index in [2.05, 4.69) is 40.1 Å². The highest BCUT2D eigenvalue weighted by atomic mass is 127. The number of hydrogen-bond donors (Lipinski definition) is 2. The molecule has 2 N–H and O–H groups in total. The maximum atomic E-state index is 12.1. The van der Waals surface area contributed by atoms with Gasteiger partial charge in [0.05, 0.1) is 19.8 Å². The van der Waals surface area contributed by atoms with Crippen LogP contribution < -0.4 is 20.1 Å². The normalized spacial score (nSPS) is 9.71. The first-order valence-corrected chi connectivity index (χ1v) is 7.62. The number of rotatable bonds is 8. The van der Waals surface area contributed by atoms with Crippen LogP contribution in [-0.2, 0) is 0 Å². The van der Waals surface area contributed by atoms with Crippen molar-refractivity contribution in [1.29, 1.82) is 0 Å². The highest BCUT2D eigenvalue weighted by Gasteiger charge is 2.14. The van der Waals surface area contributed by atoms with E-state index in [1.807, 2.05) is 0 Å². The molecule has 1 aromatic rings. The van der Waals surface area contributed by atoms with E-state index >= 15 is 0 Å². The van der Waals surface area contributed by atoms with Crippen LogP contribution in [0.25, 0.3) is 0 Å². The zero-order valence-corrected chi connectivity index (χ0v) is 15.5. The number of halogens is 2. The maximum absolute atomic E-state index is 12.1. The van der Waals surface area contributed by atoms with E-state index < -0.39 is 0 Å². The maximum Gasteiger partial charge on any atom is 0.252 e. The molecule has 0 saturated heterocycles. The van der Waals surface area contributed by atoms with Crippen LogP contribution >= 0.6 is 35.0 Å². The summed E-state index contributed by atoms with van der Waals surface area (Å²) in [6.45, 7) is 4.44. The minimum absolute atomic E-state index is 0. The lowest BCUT2D eigenvalue weighted by Crippen LogP contribution is -2.32. The number of carbonyl (C=O) groups excluding carboxylic acids is 1. The molecule has 0 unspecified atom stereocenters. The van der Waals surface area contributed by atoms with Crippen molar-refractivity contribution in [3.05, 3.63) is 21.3 Å². The zero-order valence-electron chi connectivity index (χ0n) is 12.5. The quantitative estimate of drug-likeness (QED) is 0.493. The summed E-state index contributed by atoms with van der Waals surface area (Å²) in [4.78, 5) is 12.1. The number of benzene rings is 1. The van der Waals surface area contributed by atoms with Gasteiger partial charge in [-0.25, -0.2) is 0 Å². The van der Waals surface area contributed by atoms with Crippen LogP contribution in [0.15, 0.2) is 12.1 Å². The number of methoxy groups -OCH3 is 2. The molecule has 5 nitrogen and oxygen atoms in total. The van der Waals surface area contributed by atoms with Crippen molar-refractivity contribution in [2.24, 2.45) is 0 Å². The van der Waals surface area contributed by atoms with E-state index in [0.29, 0.717) is 23.6 Å². The summed E-state index contributed by atoms with van der Waals surface area (Å²) in [6.07, 6.45) is 1.08. The third-order valence-electron chi connectivity index (χ3n) is 2.73. The van der Waals surface area contributed by atoms with Crippen molar-refractivity contribution in [2.45, 2.75) is 13.3 Å². The van der Waals surface area contributed by atoms with Gasteiger partial charge in [-0.05, 0) is 47.7 Å². The Morgan fingerprint density at radius 1 is 1.14 bits per heavy atom. The Balaban J connectivity index is 0.00000400. The summed E-state index contributed by atoms with van der Waals surface area (Å²) in [5.74, 6) is 1.08. The highest BCUT2D eigenvalue weighted by Crippen LogP contribution is 2.31. The fourth-order valence-corrected chi connectivity index (χ4v) is 2.37. The highest BCUT2D eigenvalue weighted by molar-refractivity contribution is 14.1. The van der Waals surface area contributed by atoms with Gasteiger partial charge in [0.15, 0.2) is 11.5 Å². The molecule has 1 rings (SSSR count). The molecule has 0 aliphatic rings. The molecule has 7 heteroatoms. The molecule has 0 heterocycles. The molecule has 0 bridgehead atoms. The van der Waals surface area contributed by atoms with E-state index in [1.54, 1.807) is 26.4 Å². The van der Waals surface area contributed by atoms with Crippen LogP contribution in [-0.4, -0.2) is 39.8 Å². The predicted molar refractivity (Wildman–Crippen MR) is 95.0 cm³/mol. The fraction of sp³-hybridized carbons (Fsp3) is 0.500. The smallest absolute Gasteiger partial charge is 0.252 e. The van der Waals surface area contributed by atoms with Crippen molar-refractivity contribution in [3.8, 4) is 11.5 Å². The van der Waals surface area contributed by atoms with Gasteiger partial charge in [-0.1, -0.05) is 6.92 Å². The van der Waals surface area contributed by atoms with Gasteiger partial charge in [-0.15, -0.1) is 12.4 Å². The van der Waals surface area contributed by atoms with Crippen molar-refractivity contribution >= 4 is 40.9 Å². The van der Waals surface area contributed by atoms with E-state index in [-0.39, 0.29) is 18.3 Å². The van der Waals surface area contributed by atoms with Crippen LogP contribution in [0.4, 0.5) is 0 Å². The van der Waals surface area contributed by atoms with Crippen molar-refractivity contribution < 1.29 is 14.3 Å². The minimum Gasteiger partial charge on any atom is -0.493 e. The monoisotopic (exact) mass is 428 g/mol. The Labute approximate surface area is 145 Å². The van der Waals surface area contributed by atoms with Crippen LogP contribution in [0, 0.1) is 3.57 Å². The van der Waals surface area contributed by atoms with Gasteiger partial charge in [-0.2, -0.15) is 0 Å². The summed E-state index contributed by atoms with van der Waals surface area (Å²) in [7, 11) is 3.13. The molecule has 1 amide bonds. The van der Waals surface area contributed by atoms with Crippen molar-refractivity contribution in [3.63, 3.8) is 0 Å². The SMILES string of the molecule is CCCNCCNC(=O)c1cc(OC)c(OC)cc1I.Cl. The molecule has 0 aliphatic heterocycles. The standard InChI is InChI=1S/C14H21IN2O3.ClH/c1-4-5-16-6-7-17-14(18)10-8-12(19-2)13(20-3)9-11(10)15;/h8-9,16H,4-7H2,1-3H3,(H,17,18);1H. The molecule has 120 valence electrons. The molecule has 0 aromatic heterocycles. The Morgan fingerprint density at radius 2 is 1.76 bits per heavy atom. The molecule has 0 aliphatic carbocycles. The topological polar surface area (TPSA) is 59.6 Å². The Bertz CT molecular complexity index is 458. The number of amides is 1. The third kappa shape index (κ3) is 6.27. The van der Waals surface area contributed by atoms with Gasteiger partial charge in [0.1, 0.15) is 0 Å². The number of ether oxygens (including phenoxy) is 2. The second-order valence-corrected chi connectivity index (χ2v) is 5.36. The van der Waals surface area contributed by atoms with E-state index in [0.717, 1.165) is 23.1 Å². The molecule has 0 fully saturated rings. The lowest BCUT2D eigenvalue weighted by Gasteiger charge is -2.12. The first-order chi connectivity index (χ1) is 9.63. The minimum atomic E-state index is -0.103. The Hall–Kier alpha value is -0.730. The van der Waals surface area contributed by atoms with Gasteiger partial charge in [-0.3, -0.25) is 4.79 Å². The van der Waals surface area contributed by atoms with Crippen LogP contribution in [0.3, 0.4) is 0 Å². The van der Waals surface area contributed by atoms with Crippen LogP contribution in [0.5, 0.6) is 11.5 Å². The van der Waals surface area contributed by atoms with Crippen molar-refractivity contribution in [2.75, 3.05) is 33.9 Å². The summed E-state index contributed by atoms with van der Waals surface area (Å²) in [6, 6.07) is 3.50. The first-order valence-electron chi connectivity index (χ1n) is 6.54. The predicted octanol–water partition coefficient (Wildman–Crippen LogP) is 2.46. The second-order valence-electron chi connectivity index (χ2n) is 4.19. The van der Waals surface area contributed by atoms with Gasteiger partial charge >= 0.3 is 0 Å². The summed E-state index contributed by atoms with van der Waals surface area (Å²) in [5, 5.41) is 6.12. The third-order valence-corrected chi connectivity index (χ3v) is 3.62.